The highest BCUT2D eigenvalue weighted by atomic mass is 32.2. The summed E-state index contributed by atoms with van der Waals surface area (Å²) in [5.41, 5.74) is 0.707. The summed E-state index contributed by atoms with van der Waals surface area (Å²) in [5.74, 6) is 1.55. The van der Waals surface area contributed by atoms with Gasteiger partial charge in [0.1, 0.15) is 0 Å². The molecule has 0 spiro atoms. The smallest absolute Gasteiger partial charge is 0.311 e. The van der Waals surface area contributed by atoms with Gasteiger partial charge in [0.15, 0.2) is 5.75 Å². The molecule has 1 aromatic rings. The number of ether oxygens (including phenoxy) is 1. The molecule has 0 aromatic heterocycles. The zero-order valence-electron chi connectivity index (χ0n) is 15.3. The highest BCUT2D eigenvalue weighted by Crippen LogP contribution is 2.31. The van der Waals surface area contributed by atoms with Crippen molar-refractivity contribution in [3.8, 4) is 5.75 Å². The topological polar surface area (TPSA) is 93.0 Å². The van der Waals surface area contributed by atoms with Crippen LogP contribution >= 0.6 is 11.8 Å². The van der Waals surface area contributed by atoms with E-state index in [2.05, 4.69) is 0 Å². The maximum atomic E-state index is 12.4. The lowest BCUT2D eigenvalue weighted by Gasteiger charge is -2.35. The third-order valence-electron chi connectivity index (χ3n) is 4.80. The molecule has 0 N–H and O–H groups in total. The van der Waals surface area contributed by atoms with Crippen molar-refractivity contribution in [2.24, 2.45) is 5.92 Å². The van der Waals surface area contributed by atoms with Crippen LogP contribution in [-0.4, -0.2) is 65.6 Å². The minimum Gasteiger partial charge on any atom is -0.490 e. The van der Waals surface area contributed by atoms with Crippen molar-refractivity contribution >= 4 is 29.3 Å². The molecule has 0 radical (unpaired) electrons. The Balaban J connectivity index is 1.44. The molecule has 0 bridgehead atoms. The lowest BCUT2D eigenvalue weighted by molar-refractivity contribution is -0.385. The van der Waals surface area contributed by atoms with Crippen LogP contribution in [0.25, 0.3) is 0 Å². The van der Waals surface area contributed by atoms with Crippen molar-refractivity contribution < 1.29 is 19.2 Å². The van der Waals surface area contributed by atoms with Crippen LogP contribution in [0.1, 0.15) is 18.4 Å². The van der Waals surface area contributed by atoms with Gasteiger partial charge in [0.2, 0.25) is 11.8 Å². The van der Waals surface area contributed by atoms with Crippen molar-refractivity contribution in [2.45, 2.75) is 18.6 Å². The number of nitrogens with zero attached hydrogens (tertiary/aromatic N) is 3. The molecule has 8 nitrogen and oxygen atoms in total. The number of benzene rings is 1. The van der Waals surface area contributed by atoms with Gasteiger partial charge < -0.3 is 14.5 Å². The van der Waals surface area contributed by atoms with E-state index in [1.807, 2.05) is 4.90 Å². The van der Waals surface area contributed by atoms with E-state index >= 15 is 0 Å². The van der Waals surface area contributed by atoms with E-state index in [0.717, 1.165) is 18.4 Å². The zero-order valence-corrected chi connectivity index (χ0v) is 16.1. The predicted octanol–water partition coefficient (Wildman–Crippen LogP) is 1.92. The summed E-state index contributed by atoms with van der Waals surface area (Å²) < 4.78 is 4.99. The van der Waals surface area contributed by atoms with E-state index in [1.165, 1.54) is 24.9 Å². The molecule has 2 amide bonds. The average molecular weight is 393 g/mol. The van der Waals surface area contributed by atoms with Crippen LogP contribution in [0.5, 0.6) is 5.75 Å². The third-order valence-corrected chi connectivity index (χ3v) is 5.79. The van der Waals surface area contributed by atoms with Gasteiger partial charge in [-0.3, -0.25) is 19.7 Å². The van der Waals surface area contributed by atoms with E-state index < -0.39 is 4.92 Å². The number of methoxy groups -OCH3 is 1. The second-order valence-electron chi connectivity index (χ2n) is 6.74. The van der Waals surface area contributed by atoms with Gasteiger partial charge in [0.25, 0.3) is 0 Å². The Morgan fingerprint density at radius 3 is 2.48 bits per heavy atom. The molecule has 2 aliphatic rings. The fourth-order valence-electron chi connectivity index (χ4n) is 3.08. The molecule has 1 heterocycles. The first kappa shape index (κ1) is 19.5. The SMILES string of the molecule is COc1ccc(CSCC(=O)N2CCN(C(=O)C3CC3)CC2)cc1[N+](=O)[O-]. The second kappa shape index (κ2) is 8.60. The maximum Gasteiger partial charge on any atom is 0.311 e. The van der Waals surface area contributed by atoms with E-state index in [-0.39, 0.29) is 29.2 Å². The molecular weight excluding hydrogens is 370 g/mol. The van der Waals surface area contributed by atoms with E-state index in [1.54, 1.807) is 17.0 Å². The molecule has 3 rings (SSSR count). The maximum absolute atomic E-state index is 12.4. The Hall–Kier alpha value is -2.29. The van der Waals surface area contributed by atoms with Crippen LogP contribution in [0.15, 0.2) is 18.2 Å². The van der Waals surface area contributed by atoms with Crippen LogP contribution in [0, 0.1) is 16.0 Å². The Bertz CT molecular complexity index is 730. The molecule has 2 fully saturated rings. The van der Waals surface area contributed by atoms with Gasteiger partial charge >= 0.3 is 5.69 Å². The van der Waals surface area contributed by atoms with Crippen molar-refractivity contribution in [3.05, 3.63) is 33.9 Å². The fraction of sp³-hybridized carbons (Fsp3) is 0.556. The molecule has 1 saturated carbocycles. The molecule has 1 aliphatic carbocycles. The normalized spacial score (nSPS) is 16.9. The second-order valence-corrected chi connectivity index (χ2v) is 7.72. The van der Waals surface area contributed by atoms with Gasteiger partial charge in [-0.05, 0) is 24.5 Å². The van der Waals surface area contributed by atoms with Crippen LogP contribution in [0.3, 0.4) is 0 Å². The summed E-state index contributed by atoms with van der Waals surface area (Å²) in [6, 6.07) is 4.83. The molecule has 0 atom stereocenters. The van der Waals surface area contributed by atoms with Crippen molar-refractivity contribution in [3.63, 3.8) is 0 Å². The summed E-state index contributed by atoms with van der Waals surface area (Å²) in [6.07, 6.45) is 2.00. The lowest BCUT2D eigenvalue weighted by atomic mass is 10.2. The zero-order chi connectivity index (χ0) is 19.4. The predicted molar refractivity (Wildman–Crippen MR) is 102 cm³/mol. The van der Waals surface area contributed by atoms with Crippen molar-refractivity contribution in [1.29, 1.82) is 0 Å². The fourth-order valence-corrected chi connectivity index (χ4v) is 3.95. The number of amides is 2. The van der Waals surface area contributed by atoms with Crippen LogP contribution in [-0.2, 0) is 15.3 Å². The van der Waals surface area contributed by atoms with Gasteiger partial charge in [-0.25, -0.2) is 0 Å². The molecule has 1 saturated heterocycles. The summed E-state index contributed by atoms with van der Waals surface area (Å²) in [4.78, 5) is 38.7. The highest BCUT2D eigenvalue weighted by molar-refractivity contribution is 7.99. The van der Waals surface area contributed by atoms with Gasteiger partial charge in [0, 0.05) is 43.9 Å². The van der Waals surface area contributed by atoms with Crippen LogP contribution in [0.4, 0.5) is 5.69 Å². The first-order valence-electron chi connectivity index (χ1n) is 8.95. The Kier molecular flexibility index (Phi) is 6.20. The molecule has 27 heavy (non-hydrogen) atoms. The standard InChI is InChI=1S/C18H23N3O5S/c1-26-16-5-2-13(10-15(16)21(24)25)11-27-12-17(22)19-6-8-20(9-7-19)18(23)14-3-4-14/h2,5,10,14H,3-4,6-9,11-12H2,1H3. The largest absolute Gasteiger partial charge is 0.490 e. The Labute approximate surface area is 162 Å². The van der Waals surface area contributed by atoms with Gasteiger partial charge in [-0.1, -0.05) is 6.07 Å². The van der Waals surface area contributed by atoms with Crippen LogP contribution in [0.2, 0.25) is 0 Å². The van der Waals surface area contributed by atoms with Gasteiger partial charge in [0.05, 0.1) is 17.8 Å². The number of nitro groups is 1. The number of thioether (sulfide) groups is 1. The molecule has 1 aliphatic heterocycles. The van der Waals surface area contributed by atoms with Crippen LogP contribution < -0.4 is 4.74 Å². The van der Waals surface area contributed by atoms with Gasteiger partial charge in [-0.15, -0.1) is 11.8 Å². The van der Waals surface area contributed by atoms with E-state index in [4.69, 9.17) is 4.74 Å². The molecule has 9 heteroatoms. The van der Waals surface area contributed by atoms with Crippen molar-refractivity contribution in [1.82, 2.24) is 9.80 Å². The molecular formula is C18H23N3O5S. The Morgan fingerprint density at radius 2 is 1.89 bits per heavy atom. The summed E-state index contributed by atoms with van der Waals surface area (Å²) in [6.45, 7) is 2.37. The molecule has 1 aromatic carbocycles. The minimum absolute atomic E-state index is 0.0431. The first-order chi connectivity index (χ1) is 13.0. The number of carbonyl (C=O) groups excluding carboxylic acids is 2. The van der Waals surface area contributed by atoms with E-state index in [0.29, 0.717) is 37.7 Å². The minimum atomic E-state index is -0.472. The number of carbonyl (C=O) groups is 2. The summed E-state index contributed by atoms with van der Waals surface area (Å²) in [5, 5.41) is 11.1. The third kappa shape index (κ3) is 4.91. The number of rotatable bonds is 7. The number of hydrogen-bond acceptors (Lipinski definition) is 6. The van der Waals surface area contributed by atoms with E-state index in [9.17, 15) is 19.7 Å². The number of nitro benzene ring substituents is 1. The monoisotopic (exact) mass is 393 g/mol. The number of hydrogen-bond donors (Lipinski definition) is 0. The molecule has 146 valence electrons. The highest BCUT2D eigenvalue weighted by Gasteiger charge is 2.35. The average Bonchev–Trinajstić information content (AvgIpc) is 3.52. The molecule has 0 unspecified atom stereocenters. The van der Waals surface area contributed by atoms with Crippen molar-refractivity contribution in [2.75, 3.05) is 39.0 Å². The quantitative estimate of drug-likeness (QED) is 0.519. The lowest BCUT2D eigenvalue weighted by Crippen LogP contribution is -2.51. The number of piperazine rings is 1. The Morgan fingerprint density at radius 1 is 1.22 bits per heavy atom. The first-order valence-corrected chi connectivity index (χ1v) is 10.1. The summed E-state index contributed by atoms with van der Waals surface area (Å²) >= 11 is 1.43. The summed E-state index contributed by atoms with van der Waals surface area (Å²) in [7, 11) is 1.40. The van der Waals surface area contributed by atoms with Gasteiger partial charge in [-0.2, -0.15) is 0 Å².